The molecule has 100 valence electrons. The molecule has 17 heavy (non-hydrogen) atoms. The molecule has 0 amide bonds. The molecule has 0 aromatic rings. The monoisotopic (exact) mass is 240 g/mol. The highest BCUT2D eigenvalue weighted by Crippen LogP contribution is 2.09. The highest BCUT2D eigenvalue weighted by Gasteiger charge is 2.01. The van der Waals surface area contributed by atoms with E-state index in [0.717, 1.165) is 6.42 Å². The van der Waals surface area contributed by atoms with E-state index in [4.69, 9.17) is 9.47 Å². The van der Waals surface area contributed by atoms with Crippen LogP contribution in [0.1, 0.15) is 45.4 Å². The van der Waals surface area contributed by atoms with Crippen molar-refractivity contribution in [2.45, 2.75) is 51.6 Å². The van der Waals surface area contributed by atoms with Crippen molar-refractivity contribution in [2.75, 3.05) is 20.3 Å². The molecule has 0 heterocycles. The van der Waals surface area contributed by atoms with E-state index in [9.17, 15) is 0 Å². The zero-order valence-electron chi connectivity index (χ0n) is 11.5. The van der Waals surface area contributed by atoms with E-state index in [0.29, 0.717) is 13.2 Å². The number of rotatable bonds is 12. The maximum absolute atomic E-state index is 5.40. The fraction of sp³-hybridized carbons (Fsp3) is 0.733. The SMILES string of the molecule is C=CCOC/C=C\C(CCCCCCC)OC. The first-order valence-electron chi connectivity index (χ1n) is 6.73. The van der Waals surface area contributed by atoms with Crippen LogP contribution in [0.25, 0.3) is 0 Å². The summed E-state index contributed by atoms with van der Waals surface area (Å²) in [6.45, 7) is 7.09. The van der Waals surface area contributed by atoms with E-state index in [1.165, 1.54) is 32.1 Å². The summed E-state index contributed by atoms with van der Waals surface area (Å²) in [5, 5.41) is 0. The number of methoxy groups -OCH3 is 1. The van der Waals surface area contributed by atoms with Crippen molar-refractivity contribution in [1.29, 1.82) is 0 Å². The molecule has 0 aromatic heterocycles. The van der Waals surface area contributed by atoms with Gasteiger partial charge in [-0.05, 0) is 6.42 Å². The van der Waals surface area contributed by atoms with Crippen LogP contribution in [-0.2, 0) is 9.47 Å². The van der Waals surface area contributed by atoms with Crippen molar-refractivity contribution in [1.82, 2.24) is 0 Å². The second-order valence-corrected chi connectivity index (χ2v) is 4.23. The molecule has 0 bridgehead atoms. The van der Waals surface area contributed by atoms with E-state index in [-0.39, 0.29) is 6.10 Å². The van der Waals surface area contributed by atoms with Crippen LogP contribution in [0.15, 0.2) is 24.8 Å². The second-order valence-electron chi connectivity index (χ2n) is 4.23. The van der Waals surface area contributed by atoms with Crippen LogP contribution in [0.5, 0.6) is 0 Å². The van der Waals surface area contributed by atoms with Crippen molar-refractivity contribution in [3.63, 3.8) is 0 Å². The quantitative estimate of drug-likeness (QED) is 0.377. The summed E-state index contributed by atoms with van der Waals surface area (Å²) in [5.74, 6) is 0. The molecule has 0 spiro atoms. The highest BCUT2D eigenvalue weighted by atomic mass is 16.5. The van der Waals surface area contributed by atoms with Gasteiger partial charge in [0.25, 0.3) is 0 Å². The second kappa shape index (κ2) is 13.5. The molecular weight excluding hydrogens is 212 g/mol. The van der Waals surface area contributed by atoms with Crippen molar-refractivity contribution in [3.8, 4) is 0 Å². The summed E-state index contributed by atoms with van der Waals surface area (Å²) in [6, 6.07) is 0. The molecule has 0 aliphatic rings. The van der Waals surface area contributed by atoms with Gasteiger partial charge in [-0.3, -0.25) is 0 Å². The third-order valence-electron chi connectivity index (χ3n) is 2.70. The Balaban J connectivity index is 3.50. The summed E-state index contributed by atoms with van der Waals surface area (Å²) in [4.78, 5) is 0. The number of hydrogen-bond acceptors (Lipinski definition) is 2. The van der Waals surface area contributed by atoms with Gasteiger partial charge in [-0.2, -0.15) is 0 Å². The molecule has 0 fully saturated rings. The Hall–Kier alpha value is -0.600. The van der Waals surface area contributed by atoms with Crippen molar-refractivity contribution >= 4 is 0 Å². The van der Waals surface area contributed by atoms with Crippen molar-refractivity contribution in [2.24, 2.45) is 0 Å². The zero-order chi connectivity index (χ0) is 12.8. The van der Waals surface area contributed by atoms with Crippen LogP contribution in [0, 0.1) is 0 Å². The lowest BCUT2D eigenvalue weighted by molar-refractivity contribution is 0.129. The Kier molecular flexibility index (Phi) is 13.0. The molecule has 0 N–H and O–H groups in total. The summed E-state index contributed by atoms with van der Waals surface area (Å²) in [5.41, 5.74) is 0. The number of ether oxygens (including phenoxy) is 2. The van der Waals surface area contributed by atoms with Gasteiger partial charge in [-0.1, -0.05) is 57.3 Å². The molecular formula is C15H28O2. The Bertz CT molecular complexity index is 187. The lowest BCUT2D eigenvalue weighted by Crippen LogP contribution is -2.07. The number of hydrogen-bond donors (Lipinski definition) is 0. The Morgan fingerprint density at radius 3 is 2.53 bits per heavy atom. The largest absolute Gasteiger partial charge is 0.377 e. The van der Waals surface area contributed by atoms with Crippen molar-refractivity contribution < 1.29 is 9.47 Å². The van der Waals surface area contributed by atoms with Crippen LogP contribution >= 0.6 is 0 Å². The molecule has 0 aromatic carbocycles. The first kappa shape index (κ1) is 16.4. The first-order valence-corrected chi connectivity index (χ1v) is 6.73. The van der Waals surface area contributed by atoms with Gasteiger partial charge < -0.3 is 9.47 Å². The van der Waals surface area contributed by atoms with Crippen LogP contribution in [0.3, 0.4) is 0 Å². The zero-order valence-corrected chi connectivity index (χ0v) is 11.5. The lowest BCUT2D eigenvalue weighted by atomic mass is 10.1. The molecule has 0 aliphatic carbocycles. The minimum absolute atomic E-state index is 0.240. The standard InChI is InChI=1S/C15H28O2/c1-4-6-7-8-9-11-15(16-3)12-10-14-17-13-5-2/h5,10,12,15H,2,4,6-9,11,13-14H2,1,3H3/b12-10-. The fourth-order valence-electron chi connectivity index (χ4n) is 1.67. The van der Waals surface area contributed by atoms with Gasteiger partial charge in [0.15, 0.2) is 0 Å². The average molecular weight is 240 g/mol. The van der Waals surface area contributed by atoms with Crippen LogP contribution in [-0.4, -0.2) is 26.4 Å². The molecule has 0 saturated heterocycles. The average Bonchev–Trinajstić information content (AvgIpc) is 2.36. The molecule has 2 heteroatoms. The third kappa shape index (κ3) is 11.7. The number of unbranched alkanes of at least 4 members (excludes halogenated alkanes) is 4. The van der Waals surface area contributed by atoms with Gasteiger partial charge in [0.05, 0.1) is 19.3 Å². The molecule has 1 unspecified atom stereocenters. The van der Waals surface area contributed by atoms with Gasteiger partial charge in [0, 0.05) is 7.11 Å². The van der Waals surface area contributed by atoms with Gasteiger partial charge in [0.1, 0.15) is 0 Å². The molecule has 1 atom stereocenters. The van der Waals surface area contributed by atoms with Crippen LogP contribution in [0.4, 0.5) is 0 Å². The van der Waals surface area contributed by atoms with Gasteiger partial charge >= 0.3 is 0 Å². The molecule has 0 aliphatic heterocycles. The predicted molar refractivity (Wildman–Crippen MR) is 74.3 cm³/mol. The van der Waals surface area contributed by atoms with E-state index < -0.39 is 0 Å². The maximum atomic E-state index is 5.40. The summed E-state index contributed by atoms with van der Waals surface area (Å²) in [6.07, 6.45) is 13.8. The van der Waals surface area contributed by atoms with Gasteiger partial charge in [-0.15, -0.1) is 6.58 Å². The Labute approximate surface area is 107 Å². The lowest BCUT2D eigenvalue weighted by Gasteiger charge is -2.10. The van der Waals surface area contributed by atoms with E-state index in [2.05, 4.69) is 19.6 Å². The minimum atomic E-state index is 0.240. The fourth-order valence-corrected chi connectivity index (χ4v) is 1.67. The third-order valence-corrected chi connectivity index (χ3v) is 2.70. The summed E-state index contributed by atoms with van der Waals surface area (Å²) >= 11 is 0. The highest BCUT2D eigenvalue weighted by molar-refractivity contribution is 4.89. The van der Waals surface area contributed by atoms with E-state index in [1.54, 1.807) is 13.2 Å². The van der Waals surface area contributed by atoms with Crippen LogP contribution < -0.4 is 0 Å². The summed E-state index contributed by atoms with van der Waals surface area (Å²) in [7, 11) is 1.77. The molecule has 0 rings (SSSR count). The Morgan fingerprint density at radius 1 is 1.12 bits per heavy atom. The smallest absolute Gasteiger partial charge is 0.0752 e. The normalized spacial score (nSPS) is 13.1. The topological polar surface area (TPSA) is 18.5 Å². The summed E-state index contributed by atoms with van der Waals surface area (Å²) < 4.78 is 10.7. The van der Waals surface area contributed by atoms with Gasteiger partial charge in [-0.25, -0.2) is 0 Å². The minimum Gasteiger partial charge on any atom is -0.377 e. The Morgan fingerprint density at radius 2 is 1.88 bits per heavy atom. The van der Waals surface area contributed by atoms with Gasteiger partial charge in [0.2, 0.25) is 0 Å². The first-order chi connectivity index (χ1) is 8.35. The van der Waals surface area contributed by atoms with Crippen molar-refractivity contribution in [3.05, 3.63) is 24.8 Å². The maximum Gasteiger partial charge on any atom is 0.0752 e. The molecule has 0 saturated carbocycles. The van der Waals surface area contributed by atoms with E-state index in [1.807, 2.05) is 6.08 Å². The van der Waals surface area contributed by atoms with Crippen LogP contribution in [0.2, 0.25) is 0 Å². The van der Waals surface area contributed by atoms with E-state index >= 15 is 0 Å². The molecule has 0 radical (unpaired) electrons. The molecule has 2 nitrogen and oxygen atoms in total. The predicted octanol–water partition coefficient (Wildman–Crippen LogP) is 4.12.